The summed E-state index contributed by atoms with van der Waals surface area (Å²) < 4.78 is 0. The predicted molar refractivity (Wildman–Crippen MR) is 72.0 cm³/mol. The van der Waals surface area contributed by atoms with E-state index in [2.05, 4.69) is 45.9 Å². The van der Waals surface area contributed by atoms with Gasteiger partial charge in [0.1, 0.15) is 0 Å². The molecule has 0 radical (unpaired) electrons. The van der Waals surface area contributed by atoms with E-state index in [1.54, 1.807) is 0 Å². The molecule has 3 atom stereocenters. The first-order valence-corrected chi connectivity index (χ1v) is 6.73. The van der Waals surface area contributed by atoms with Crippen LogP contribution >= 0.6 is 0 Å². The van der Waals surface area contributed by atoms with Gasteiger partial charge in [-0.2, -0.15) is 0 Å². The van der Waals surface area contributed by atoms with E-state index >= 15 is 0 Å². The van der Waals surface area contributed by atoms with Gasteiger partial charge in [0.2, 0.25) is 0 Å². The van der Waals surface area contributed by atoms with Gasteiger partial charge in [-0.1, -0.05) is 37.6 Å². The summed E-state index contributed by atoms with van der Waals surface area (Å²) in [6.07, 6.45) is 3.16. The van der Waals surface area contributed by atoms with Gasteiger partial charge in [-0.15, -0.1) is 0 Å². The number of hydrogen-bond acceptors (Lipinski definition) is 1. The van der Waals surface area contributed by atoms with Crippen molar-refractivity contribution >= 4 is 0 Å². The molecule has 2 rings (SSSR count). The SMILES string of the molecule is Cc1ccc(C)c(C2(O)CCC(C)CC2C)c1. The third-order valence-corrected chi connectivity index (χ3v) is 4.45. The van der Waals surface area contributed by atoms with E-state index in [0.717, 1.165) is 30.7 Å². The smallest absolute Gasteiger partial charge is 0.0924 e. The second-order valence-corrected chi connectivity index (χ2v) is 6.02. The Balaban J connectivity index is 2.40. The standard InChI is InChI=1S/C16H24O/c1-11-5-6-13(3)15(10-11)16(17)8-7-12(2)9-14(16)4/h5-6,10,12,14,17H,7-9H2,1-4H3. The van der Waals surface area contributed by atoms with Crippen LogP contribution in [-0.2, 0) is 5.60 Å². The molecular weight excluding hydrogens is 208 g/mol. The van der Waals surface area contributed by atoms with Crippen LogP contribution in [0.15, 0.2) is 18.2 Å². The average molecular weight is 232 g/mol. The van der Waals surface area contributed by atoms with Gasteiger partial charge in [0.05, 0.1) is 5.60 Å². The van der Waals surface area contributed by atoms with Crippen molar-refractivity contribution in [2.24, 2.45) is 11.8 Å². The minimum Gasteiger partial charge on any atom is -0.385 e. The molecule has 0 saturated heterocycles. The van der Waals surface area contributed by atoms with Gasteiger partial charge in [0.25, 0.3) is 0 Å². The number of rotatable bonds is 1. The lowest BCUT2D eigenvalue weighted by Crippen LogP contribution is -2.39. The number of aliphatic hydroxyl groups is 1. The second-order valence-electron chi connectivity index (χ2n) is 6.02. The van der Waals surface area contributed by atoms with Crippen LogP contribution in [-0.4, -0.2) is 5.11 Å². The van der Waals surface area contributed by atoms with E-state index in [4.69, 9.17) is 0 Å². The summed E-state index contributed by atoms with van der Waals surface area (Å²) in [5, 5.41) is 11.0. The summed E-state index contributed by atoms with van der Waals surface area (Å²) in [5.41, 5.74) is 3.00. The molecule has 1 aliphatic carbocycles. The Morgan fingerprint density at radius 2 is 1.94 bits per heavy atom. The minimum absolute atomic E-state index is 0.353. The van der Waals surface area contributed by atoms with Gasteiger partial charge in [-0.3, -0.25) is 0 Å². The summed E-state index contributed by atoms with van der Waals surface area (Å²) >= 11 is 0. The monoisotopic (exact) mass is 232 g/mol. The fourth-order valence-electron chi connectivity index (χ4n) is 3.23. The summed E-state index contributed by atoms with van der Waals surface area (Å²) in [7, 11) is 0. The number of aryl methyl sites for hydroxylation is 2. The van der Waals surface area contributed by atoms with Crippen molar-refractivity contribution in [3.63, 3.8) is 0 Å². The van der Waals surface area contributed by atoms with Gasteiger partial charge in [-0.05, 0) is 56.1 Å². The highest BCUT2D eigenvalue weighted by molar-refractivity contribution is 5.35. The molecule has 94 valence electrons. The normalized spacial score (nSPS) is 33.7. The summed E-state index contributed by atoms with van der Waals surface area (Å²) in [5.74, 6) is 1.10. The Morgan fingerprint density at radius 1 is 1.24 bits per heavy atom. The first-order chi connectivity index (χ1) is 7.93. The molecule has 0 heterocycles. The second kappa shape index (κ2) is 4.45. The van der Waals surface area contributed by atoms with Gasteiger partial charge in [-0.25, -0.2) is 0 Å². The van der Waals surface area contributed by atoms with Crippen LogP contribution < -0.4 is 0 Å². The fourth-order valence-corrected chi connectivity index (χ4v) is 3.23. The first kappa shape index (κ1) is 12.6. The zero-order valence-corrected chi connectivity index (χ0v) is 11.5. The molecule has 1 aromatic carbocycles. The Hall–Kier alpha value is -0.820. The molecule has 1 nitrogen and oxygen atoms in total. The number of hydrogen-bond donors (Lipinski definition) is 1. The van der Waals surface area contributed by atoms with Crippen LogP contribution in [0.5, 0.6) is 0 Å². The molecule has 3 unspecified atom stereocenters. The number of benzene rings is 1. The topological polar surface area (TPSA) is 20.2 Å². The van der Waals surface area contributed by atoms with E-state index in [1.807, 2.05) is 0 Å². The highest BCUT2D eigenvalue weighted by Crippen LogP contribution is 2.44. The minimum atomic E-state index is -0.609. The van der Waals surface area contributed by atoms with Crippen molar-refractivity contribution in [2.75, 3.05) is 0 Å². The molecule has 17 heavy (non-hydrogen) atoms. The van der Waals surface area contributed by atoms with Gasteiger partial charge in [0, 0.05) is 0 Å². The maximum absolute atomic E-state index is 11.0. The van der Waals surface area contributed by atoms with Crippen LogP contribution in [0.25, 0.3) is 0 Å². The molecule has 1 aromatic rings. The summed E-state index contributed by atoms with van der Waals surface area (Å²) in [6, 6.07) is 6.42. The van der Waals surface area contributed by atoms with Crippen LogP contribution in [0.1, 0.15) is 49.8 Å². The lowest BCUT2D eigenvalue weighted by molar-refractivity contribution is -0.0592. The van der Waals surface area contributed by atoms with E-state index in [1.165, 1.54) is 11.1 Å². The third-order valence-electron chi connectivity index (χ3n) is 4.45. The van der Waals surface area contributed by atoms with E-state index in [-0.39, 0.29) is 0 Å². The van der Waals surface area contributed by atoms with Crippen molar-refractivity contribution < 1.29 is 5.11 Å². The summed E-state index contributed by atoms with van der Waals surface area (Å²) in [6.45, 7) is 8.69. The highest BCUT2D eigenvalue weighted by atomic mass is 16.3. The largest absolute Gasteiger partial charge is 0.385 e. The Morgan fingerprint density at radius 3 is 2.59 bits per heavy atom. The molecule has 1 fully saturated rings. The lowest BCUT2D eigenvalue weighted by atomic mass is 9.68. The van der Waals surface area contributed by atoms with Crippen LogP contribution in [0, 0.1) is 25.7 Å². The van der Waals surface area contributed by atoms with Crippen molar-refractivity contribution in [2.45, 2.75) is 52.6 Å². The Kier molecular flexibility index (Phi) is 3.31. The quantitative estimate of drug-likeness (QED) is 0.777. The molecule has 1 aliphatic rings. The van der Waals surface area contributed by atoms with E-state index in [0.29, 0.717) is 5.92 Å². The van der Waals surface area contributed by atoms with Crippen molar-refractivity contribution in [1.29, 1.82) is 0 Å². The Labute approximate surface area is 105 Å². The Bertz CT molecular complexity index is 410. The fraction of sp³-hybridized carbons (Fsp3) is 0.625. The summed E-state index contributed by atoms with van der Waals surface area (Å²) in [4.78, 5) is 0. The zero-order chi connectivity index (χ0) is 12.6. The maximum Gasteiger partial charge on any atom is 0.0924 e. The van der Waals surface area contributed by atoms with Crippen LogP contribution in [0.3, 0.4) is 0 Å². The molecule has 0 spiro atoms. The van der Waals surface area contributed by atoms with Crippen LogP contribution in [0.2, 0.25) is 0 Å². The molecule has 0 aliphatic heterocycles. The predicted octanol–water partition coefficient (Wildman–Crippen LogP) is 3.95. The van der Waals surface area contributed by atoms with E-state index < -0.39 is 5.60 Å². The van der Waals surface area contributed by atoms with Crippen molar-refractivity contribution in [3.8, 4) is 0 Å². The van der Waals surface area contributed by atoms with Gasteiger partial charge >= 0.3 is 0 Å². The van der Waals surface area contributed by atoms with Gasteiger partial charge in [0.15, 0.2) is 0 Å². The average Bonchev–Trinajstić information content (AvgIpc) is 2.27. The molecule has 1 N–H and O–H groups in total. The molecule has 1 heteroatoms. The molecule has 0 bridgehead atoms. The molecule has 0 aromatic heterocycles. The zero-order valence-electron chi connectivity index (χ0n) is 11.5. The van der Waals surface area contributed by atoms with Crippen LogP contribution in [0.4, 0.5) is 0 Å². The maximum atomic E-state index is 11.0. The highest BCUT2D eigenvalue weighted by Gasteiger charge is 2.40. The third kappa shape index (κ3) is 2.26. The van der Waals surface area contributed by atoms with Gasteiger partial charge < -0.3 is 5.11 Å². The first-order valence-electron chi connectivity index (χ1n) is 6.73. The van der Waals surface area contributed by atoms with Crippen molar-refractivity contribution in [3.05, 3.63) is 34.9 Å². The van der Waals surface area contributed by atoms with E-state index in [9.17, 15) is 5.11 Å². The molecular formula is C16H24O. The lowest BCUT2D eigenvalue weighted by Gasteiger charge is -2.42. The molecule has 1 saturated carbocycles. The van der Waals surface area contributed by atoms with Crippen molar-refractivity contribution in [1.82, 2.24) is 0 Å². The molecule has 0 amide bonds.